The van der Waals surface area contributed by atoms with Crippen LogP contribution in [0.15, 0.2) is 131 Å². The molecule has 0 unspecified atom stereocenters. The van der Waals surface area contributed by atoms with Crippen LogP contribution in [-0.2, 0) is 28.7 Å². The van der Waals surface area contributed by atoms with E-state index in [2.05, 4.69) is 26.8 Å². The molecule has 6 rings (SSSR count). The number of hydrogen-bond acceptors (Lipinski definition) is 6. The fourth-order valence-corrected chi connectivity index (χ4v) is 6.19. The monoisotopic (exact) mass is 775 g/mol. The highest BCUT2D eigenvalue weighted by Crippen LogP contribution is 2.43. The van der Waals surface area contributed by atoms with Gasteiger partial charge in [-0.3, -0.25) is 10.2 Å². The van der Waals surface area contributed by atoms with Crippen LogP contribution in [0.1, 0.15) is 40.3 Å². The van der Waals surface area contributed by atoms with Crippen molar-refractivity contribution in [1.29, 1.82) is 0 Å². The number of halogens is 5. The van der Waals surface area contributed by atoms with E-state index in [0.717, 1.165) is 33.3 Å². The van der Waals surface area contributed by atoms with E-state index >= 15 is 0 Å². The lowest BCUT2D eigenvalue weighted by atomic mass is 9.82. The molecule has 268 valence electrons. The highest BCUT2D eigenvalue weighted by molar-refractivity contribution is 9.10. The molecule has 0 fully saturated rings. The number of carbonyl (C=O) groups is 1. The van der Waals surface area contributed by atoms with Gasteiger partial charge in [-0.1, -0.05) is 82.7 Å². The van der Waals surface area contributed by atoms with Crippen molar-refractivity contribution in [2.75, 3.05) is 13.2 Å². The number of ether oxygens (including phenoxy) is 2. The first-order valence-corrected chi connectivity index (χ1v) is 17.2. The first-order chi connectivity index (χ1) is 25.0. The molecular formula is C40H34BrF4N3O4. The van der Waals surface area contributed by atoms with E-state index in [4.69, 9.17) is 19.6 Å². The van der Waals surface area contributed by atoms with Crippen LogP contribution < -0.4 is 15.6 Å². The molecular weight excluding hydrogens is 742 g/mol. The third kappa shape index (κ3) is 8.70. The van der Waals surface area contributed by atoms with Gasteiger partial charge in [0.05, 0.1) is 12.2 Å². The average Bonchev–Trinajstić information content (AvgIpc) is 3.53. The summed E-state index contributed by atoms with van der Waals surface area (Å²) in [6.45, 7) is 0.0438. The maximum absolute atomic E-state index is 14.5. The van der Waals surface area contributed by atoms with Crippen LogP contribution in [0.3, 0.4) is 0 Å². The van der Waals surface area contributed by atoms with Crippen molar-refractivity contribution in [2.24, 2.45) is 4.99 Å². The van der Waals surface area contributed by atoms with Crippen LogP contribution >= 0.6 is 15.9 Å². The Morgan fingerprint density at radius 3 is 2.21 bits per heavy atom. The second-order valence-electron chi connectivity index (χ2n) is 12.2. The van der Waals surface area contributed by atoms with Crippen LogP contribution in [0.25, 0.3) is 11.1 Å². The van der Waals surface area contributed by atoms with Crippen LogP contribution in [0, 0.1) is 5.82 Å². The predicted octanol–water partition coefficient (Wildman–Crippen LogP) is 8.36. The summed E-state index contributed by atoms with van der Waals surface area (Å²) in [5.41, 5.74) is 6.55. The van der Waals surface area contributed by atoms with E-state index < -0.39 is 35.1 Å². The van der Waals surface area contributed by atoms with Gasteiger partial charge in [-0.05, 0) is 82.4 Å². The smallest absolute Gasteiger partial charge is 0.416 e. The molecule has 0 aliphatic carbocycles. The topological polar surface area (TPSA) is 92.2 Å². The minimum absolute atomic E-state index is 0.00461. The average molecular weight is 777 g/mol. The molecule has 1 amide bonds. The summed E-state index contributed by atoms with van der Waals surface area (Å²) in [4.78, 5) is 19.5. The third-order valence-electron chi connectivity index (χ3n) is 8.52. The molecule has 0 bridgehead atoms. The number of alkyl halides is 3. The molecule has 7 nitrogen and oxygen atoms in total. The predicted molar refractivity (Wildman–Crippen MR) is 193 cm³/mol. The molecule has 1 aliphatic heterocycles. The van der Waals surface area contributed by atoms with Crippen molar-refractivity contribution in [3.8, 4) is 16.9 Å². The number of nitrogens with one attached hydrogen (secondary N) is 2. The maximum Gasteiger partial charge on any atom is 0.416 e. The van der Waals surface area contributed by atoms with E-state index in [0.29, 0.717) is 36.0 Å². The molecule has 5 aromatic carbocycles. The summed E-state index contributed by atoms with van der Waals surface area (Å²) in [7, 11) is 0. The van der Waals surface area contributed by atoms with E-state index in [1.807, 2.05) is 78.9 Å². The summed E-state index contributed by atoms with van der Waals surface area (Å²) in [5.74, 6) is -0.880. The zero-order chi connectivity index (χ0) is 36.7. The number of benzene rings is 5. The standard InChI is InChI=1S/C40H34BrF4N3O4/c41-33-15-7-26(8-16-33)24-39(38(50)48-46-25-27-21-32(40(43,44)45)23-34(42)22-27)36(30-11-9-29(10-12-30)28-5-2-1-3-6-28)52-37(47-39)31-13-17-35(18-14-31)51-20-4-19-49/h1-3,5-18,21-23,36,46,49H,4,19-20,24-25H2,(H,48,50)/t36-,39-/m0/s1. The van der Waals surface area contributed by atoms with Crippen LogP contribution in [0.2, 0.25) is 0 Å². The first-order valence-electron chi connectivity index (χ1n) is 16.4. The third-order valence-corrected chi connectivity index (χ3v) is 9.05. The van der Waals surface area contributed by atoms with Crippen molar-refractivity contribution < 1.29 is 36.9 Å². The number of amides is 1. The summed E-state index contributed by atoms with van der Waals surface area (Å²) in [6.07, 6.45) is -5.12. The van der Waals surface area contributed by atoms with Crippen molar-refractivity contribution >= 4 is 27.7 Å². The van der Waals surface area contributed by atoms with Crippen LogP contribution in [0.5, 0.6) is 5.75 Å². The van der Waals surface area contributed by atoms with Crippen molar-refractivity contribution in [3.63, 3.8) is 0 Å². The second-order valence-corrected chi connectivity index (χ2v) is 13.1. The fraction of sp³-hybridized carbons (Fsp3) is 0.200. The van der Waals surface area contributed by atoms with Gasteiger partial charge in [0.2, 0.25) is 5.90 Å². The molecule has 0 aromatic heterocycles. The maximum atomic E-state index is 14.5. The summed E-state index contributed by atoms with van der Waals surface area (Å²) in [6, 6.07) is 34.1. The normalized spacial score (nSPS) is 17.0. The van der Waals surface area contributed by atoms with Gasteiger partial charge < -0.3 is 14.6 Å². The summed E-state index contributed by atoms with van der Waals surface area (Å²) in [5, 5.41) is 9.09. The first kappa shape index (κ1) is 36.7. The Hall–Kier alpha value is -5.04. The molecule has 1 heterocycles. The zero-order valence-electron chi connectivity index (χ0n) is 27.7. The van der Waals surface area contributed by atoms with Crippen LogP contribution in [0.4, 0.5) is 17.6 Å². The Morgan fingerprint density at radius 1 is 0.865 bits per heavy atom. The Balaban J connectivity index is 1.37. The molecule has 0 spiro atoms. The van der Waals surface area contributed by atoms with Gasteiger partial charge in [0.15, 0.2) is 11.6 Å². The number of aliphatic hydroxyl groups excluding tert-OH is 1. The van der Waals surface area contributed by atoms with Crippen molar-refractivity contribution in [2.45, 2.75) is 37.2 Å². The van der Waals surface area contributed by atoms with E-state index in [1.54, 1.807) is 24.3 Å². The Labute approximate surface area is 306 Å². The number of aliphatic hydroxyl groups is 1. The number of aliphatic imine (C=N–C) groups is 1. The van der Waals surface area contributed by atoms with Gasteiger partial charge in [0.25, 0.3) is 5.91 Å². The van der Waals surface area contributed by atoms with Gasteiger partial charge >= 0.3 is 6.18 Å². The SMILES string of the molecule is O=C(NNCc1cc(F)cc(C(F)(F)F)c1)[C@@]1(Cc2ccc(Br)cc2)N=C(c2ccc(OCCCO)cc2)O[C@H]1c1ccc(-c2ccccc2)cc1. The number of hydrogen-bond donors (Lipinski definition) is 3. The summed E-state index contributed by atoms with van der Waals surface area (Å²) < 4.78 is 67.4. The molecule has 1 aliphatic rings. The molecule has 5 aromatic rings. The van der Waals surface area contributed by atoms with Crippen LogP contribution in [-0.4, -0.2) is 35.7 Å². The Bertz CT molecular complexity index is 2010. The van der Waals surface area contributed by atoms with Crippen molar-refractivity contribution in [1.82, 2.24) is 10.9 Å². The van der Waals surface area contributed by atoms with Gasteiger partial charge in [0.1, 0.15) is 11.6 Å². The lowest BCUT2D eigenvalue weighted by Crippen LogP contribution is -2.53. The van der Waals surface area contributed by atoms with Crippen molar-refractivity contribution in [3.05, 3.63) is 159 Å². The highest BCUT2D eigenvalue weighted by atomic mass is 79.9. The molecule has 0 radical (unpaired) electrons. The largest absolute Gasteiger partial charge is 0.494 e. The molecule has 12 heteroatoms. The van der Waals surface area contributed by atoms with Gasteiger partial charge in [0, 0.05) is 36.0 Å². The summed E-state index contributed by atoms with van der Waals surface area (Å²) >= 11 is 3.46. The lowest BCUT2D eigenvalue weighted by Gasteiger charge is -2.31. The lowest BCUT2D eigenvalue weighted by molar-refractivity contribution is -0.138. The van der Waals surface area contributed by atoms with Gasteiger partial charge in [-0.2, -0.15) is 13.2 Å². The Kier molecular flexibility index (Phi) is 11.4. The quantitative estimate of drug-likeness (QED) is 0.0636. The number of nitrogens with zero attached hydrogens (tertiary/aromatic N) is 1. The van der Waals surface area contributed by atoms with Gasteiger partial charge in [-0.15, -0.1) is 0 Å². The molecule has 52 heavy (non-hydrogen) atoms. The van der Waals surface area contributed by atoms with E-state index in [9.17, 15) is 22.4 Å². The molecule has 2 atom stereocenters. The zero-order valence-corrected chi connectivity index (χ0v) is 29.3. The number of rotatable bonds is 13. The molecule has 0 saturated carbocycles. The minimum atomic E-state index is -4.74. The molecule has 3 N–H and O–H groups in total. The minimum Gasteiger partial charge on any atom is -0.494 e. The van der Waals surface area contributed by atoms with E-state index in [-0.39, 0.29) is 31.0 Å². The number of hydrazine groups is 1. The van der Waals surface area contributed by atoms with Gasteiger partial charge in [-0.25, -0.2) is 14.8 Å². The Morgan fingerprint density at radius 2 is 1.54 bits per heavy atom. The molecule has 0 saturated heterocycles. The highest BCUT2D eigenvalue weighted by Gasteiger charge is 2.53. The second kappa shape index (κ2) is 16.1. The van der Waals surface area contributed by atoms with E-state index in [1.165, 1.54) is 0 Å². The fourth-order valence-electron chi connectivity index (χ4n) is 5.93. The number of carbonyl (C=O) groups excluding carboxylic acids is 1.